The fourth-order valence-electron chi connectivity index (χ4n) is 1.38. The second-order valence-electron chi connectivity index (χ2n) is 4.05. The van der Waals surface area contributed by atoms with Crippen LogP contribution in [0.4, 0.5) is 0 Å². The molecule has 0 aliphatic heterocycles. The van der Waals surface area contributed by atoms with Crippen LogP contribution < -0.4 is 0 Å². The first kappa shape index (κ1) is 20.0. The lowest BCUT2D eigenvalue weighted by atomic mass is 10.4. The molecule has 0 aromatic rings. The summed E-state index contributed by atoms with van der Waals surface area (Å²) < 4.78 is 33.1. The van der Waals surface area contributed by atoms with E-state index >= 15 is 0 Å². The number of rotatable bonds is 15. The van der Waals surface area contributed by atoms with Crippen LogP contribution in [0, 0.1) is 0 Å². The van der Waals surface area contributed by atoms with Crippen LogP contribution in [-0.4, -0.2) is 49.0 Å². The molecular weight excluding hydrogens is 280 g/mol. The minimum Gasteiger partial charge on any atom is -0.357 e. The van der Waals surface area contributed by atoms with Gasteiger partial charge in [0.15, 0.2) is 0 Å². The van der Waals surface area contributed by atoms with Crippen molar-refractivity contribution < 1.29 is 27.5 Å². The first-order valence-corrected chi connectivity index (χ1v) is 9.32. The molecular formula is C13H30O6Si. The van der Waals surface area contributed by atoms with Gasteiger partial charge in [0, 0.05) is 25.9 Å². The van der Waals surface area contributed by atoms with Crippen molar-refractivity contribution in [2.45, 2.75) is 46.6 Å². The standard InChI is InChI=1S/C13H30O6Si/c1-5-9-10-20(17-11-14-6-2,18-12-15-7-3)19-13-16-8-4/h5-13H2,1-4H3. The Morgan fingerprint density at radius 1 is 0.650 bits per heavy atom. The van der Waals surface area contributed by atoms with Crippen molar-refractivity contribution in [1.82, 2.24) is 0 Å². The Labute approximate surface area is 124 Å². The number of hydrogen-bond acceptors (Lipinski definition) is 6. The summed E-state index contributed by atoms with van der Waals surface area (Å²) in [6.45, 7) is 10.2. The molecule has 6 nitrogen and oxygen atoms in total. The number of ether oxygens (including phenoxy) is 3. The van der Waals surface area contributed by atoms with Crippen LogP contribution in [0.15, 0.2) is 0 Å². The van der Waals surface area contributed by atoms with Gasteiger partial charge in [0.05, 0.1) is 0 Å². The van der Waals surface area contributed by atoms with E-state index in [9.17, 15) is 0 Å². The molecule has 0 radical (unpaired) electrons. The fourth-order valence-corrected chi connectivity index (χ4v) is 3.64. The van der Waals surface area contributed by atoms with Gasteiger partial charge in [0.25, 0.3) is 0 Å². The quantitative estimate of drug-likeness (QED) is 0.263. The molecule has 0 aliphatic carbocycles. The molecule has 0 rings (SSSR count). The van der Waals surface area contributed by atoms with Gasteiger partial charge in [-0.1, -0.05) is 13.3 Å². The third kappa shape index (κ3) is 9.81. The molecule has 0 aromatic heterocycles. The van der Waals surface area contributed by atoms with Crippen LogP contribution in [0.3, 0.4) is 0 Å². The third-order valence-corrected chi connectivity index (χ3v) is 5.17. The van der Waals surface area contributed by atoms with Crippen LogP contribution in [0.5, 0.6) is 0 Å². The lowest BCUT2D eigenvalue weighted by molar-refractivity contribution is -0.100. The molecule has 0 heterocycles. The Kier molecular flexibility index (Phi) is 13.9. The molecule has 122 valence electrons. The molecule has 0 saturated heterocycles. The van der Waals surface area contributed by atoms with Gasteiger partial charge in [-0.15, -0.1) is 0 Å². The summed E-state index contributed by atoms with van der Waals surface area (Å²) in [6.07, 6.45) is 2.01. The lowest BCUT2D eigenvalue weighted by Gasteiger charge is -2.29. The van der Waals surface area contributed by atoms with E-state index in [0.717, 1.165) is 18.9 Å². The predicted octanol–water partition coefficient (Wildman–Crippen LogP) is 2.76. The molecule has 7 heteroatoms. The van der Waals surface area contributed by atoms with Crippen LogP contribution in [0.25, 0.3) is 0 Å². The third-order valence-electron chi connectivity index (χ3n) is 2.54. The Bertz CT molecular complexity index is 179. The summed E-state index contributed by atoms with van der Waals surface area (Å²) in [6, 6.07) is 0.733. The van der Waals surface area contributed by atoms with E-state index < -0.39 is 8.80 Å². The van der Waals surface area contributed by atoms with Crippen molar-refractivity contribution in [3.05, 3.63) is 0 Å². The Morgan fingerprint density at radius 2 is 1.05 bits per heavy atom. The largest absolute Gasteiger partial charge is 0.506 e. The van der Waals surface area contributed by atoms with Crippen molar-refractivity contribution >= 4 is 8.80 Å². The van der Waals surface area contributed by atoms with E-state index in [2.05, 4.69) is 6.92 Å². The highest BCUT2D eigenvalue weighted by Gasteiger charge is 2.41. The first-order valence-electron chi connectivity index (χ1n) is 7.39. The highest BCUT2D eigenvalue weighted by atomic mass is 28.4. The van der Waals surface area contributed by atoms with Gasteiger partial charge in [-0.3, -0.25) is 0 Å². The number of hydrogen-bond donors (Lipinski definition) is 0. The van der Waals surface area contributed by atoms with E-state index in [0.29, 0.717) is 19.8 Å². The first-order chi connectivity index (χ1) is 9.74. The normalized spacial score (nSPS) is 12.0. The summed E-state index contributed by atoms with van der Waals surface area (Å²) in [5.41, 5.74) is 0. The summed E-state index contributed by atoms with van der Waals surface area (Å²) in [5, 5.41) is 0. The maximum absolute atomic E-state index is 5.78. The highest BCUT2D eigenvalue weighted by molar-refractivity contribution is 6.60. The van der Waals surface area contributed by atoms with Crippen molar-refractivity contribution in [2.24, 2.45) is 0 Å². The van der Waals surface area contributed by atoms with E-state index in [1.54, 1.807) is 0 Å². The van der Waals surface area contributed by atoms with Gasteiger partial charge in [0.2, 0.25) is 0 Å². The van der Waals surface area contributed by atoms with Crippen molar-refractivity contribution in [2.75, 3.05) is 40.2 Å². The summed E-state index contributed by atoms with van der Waals surface area (Å²) in [5.74, 6) is 0. The van der Waals surface area contributed by atoms with Crippen LogP contribution >= 0.6 is 0 Å². The Balaban J connectivity index is 4.48. The van der Waals surface area contributed by atoms with Crippen LogP contribution in [0.1, 0.15) is 40.5 Å². The summed E-state index contributed by atoms with van der Waals surface area (Å²) in [4.78, 5) is 0. The zero-order chi connectivity index (χ0) is 15.1. The Morgan fingerprint density at radius 3 is 1.35 bits per heavy atom. The van der Waals surface area contributed by atoms with E-state index in [1.165, 1.54) is 0 Å². The molecule has 0 saturated carbocycles. The van der Waals surface area contributed by atoms with Gasteiger partial charge in [-0.25, -0.2) is 0 Å². The minimum atomic E-state index is -2.80. The molecule has 0 aromatic carbocycles. The van der Waals surface area contributed by atoms with Gasteiger partial charge in [-0.2, -0.15) is 0 Å². The molecule has 0 amide bonds. The molecule has 0 atom stereocenters. The lowest BCUT2D eigenvalue weighted by Crippen LogP contribution is -2.47. The highest BCUT2D eigenvalue weighted by Crippen LogP contribution is 2.19. The average molecular weight is 310 g/mol. The summed E-state index contributed by atoms with van der Waals surface area (Å²) in [7, 11) is -2.80. The molecule has 0 bridgehead atoms. The van der Waals surface area contributed by atoms with E-state index in [-0.39, 0.29) is 20.4 Å². The minimum absolute atomic E-state index is 0.171. The SMILES string of the molecule is CCCC[Si](OCOCC)(OCOCC)OCOCC. The van der Waals surface area contributed by atoms with Gasteiger partial charge >= 0.3 is 8.80 Å². The second kappa shape index (κ2) is 13.9. The molecule has 0 spiro atoms. The van der Waals surface area contributed by atoms with Crippen molar-refractivity contribution in [3.63, 3.8) is 0 Å². The molecule has 0 N–H and O–H groups in total. The van der Waals surface area contributed by atoms with Gasteiger partial charge < -0.3 is 27.5 Å². The summed E-state index contributed by atoms with van der Waals surface area (Å²) >= 11 is 0. The second-order valence-corrected chi connectivity index (χ2v) is 6.78. The van der Waals surface area contributed by atoms with Crippen LogP contribution in [-0.2, 0) is 27.5 Å². The molecule has 0 fully saturated rings. The molecule has 0 aliphatic rings. The van der Waals surface area contributed by atoms with Gasteiger partial charge in [-0.05, 0) is 27.2 Å². The predicted molar refractivity (Wildman–Crippen MR) is 78.2 cm³/mol. The zero-order valence-electron chi connectivity index (χ0n) is 13.3. The van der Waals surface area contributed by atoms with E-state index in [1.807, 2.05) is 20.8 Å². The fraction of sp³-hybridized carbons (Fsp3) is 1.00. The topological polar surface area (TPSA) is 55.4 Å². The smallest absolute Gasteiger partial charge is 0.357 e. The van der Waals surface area contributed by atoms with Crippen LogP contribution in [0.2, 0.25) is 6.04 Å². The van der Waals surface area contributed by atoms with E-state index in [4.69, 9.17) is 27.5 Å². The monoisotopic (exact) mass is 310 g/mol. The molecule has 0 unspecified atom stereocenters. The average Bonchev–Trinajstić information content (AvgIpc) is 2.46. The molecule has 20 heavy (non-hydrogen) atoms. The zero-order valence-corrected chi connectivity index (χ0v) is 14.3. The van der Waals surface area contributed by atoms with Crippen molar-refractivity contribution in [3.8, 4) is 0 Å². The maximum Gasteiger partial charge on any atom is 0.506 e. The number of unbranched alkanes of at least 4 members (excludes halogenated alkanes) is 1. The Hall–Kier alpha value is -0.0231. The van der Waals surface area contributed by atoms with Gasteiger partial charge in [0.1, 0.15) is 20.4 Å². The van der Waals surface area contributed by atoms with Crippen molar-refractivity contribution in [1.29, 1.82) is 0 Å². The maximum atomic E-state index is 5.78.